The van der Waals surface area contributed by atoms with Gasteiger partial charge >= 0.3 is 0 Å². The molecule has 5 heteroatoms. The summed E-state index contributed by atoms with van der Waals surface area (Å²) in [7, 11) is 3.11. The smallest absolute Gasteiger partial charge is 0.224 e. The van der Waals surface area contributed by atoms with Gasteiger partial charge in [-0.05, 0) is 43.2 Å². The fraction of sp³-hybridized carbons (Fsp3) is 0.316. The minimum atomic E-state index is -0.783. The number of amides is 1. The zero-order valence-electron chi connectivity index (χ0n) is 14.2. The zero-order chi connectivity index (χ0) is 17.5. The minimum Gasteiger partial charge on any atom is -0.497 e. The van der Waals surface area contributed by atoms with Gasteiger partial charge in [0.1, 0.15) is 11.5 Å². The lowest BCUT2D eigenvalue weighted by atomic mass is 10.0. The Bertz CT molecular complexity index is 700. The Morgan fingerprint density at radius 3 is 2.62 bits per heavy atom. The predicted molar refractivity (Wildman–Crippen MR) is 93.5 cm³/mol. The average molecular weight is 329 g/mol. The number of hydrogen-bond acceptors (Lipinski definition) is 4. The van der Waals surface area contributed by atoms with E-state index in [4.69, 9.17) is 9.47 Å². The number of methoxy groups -OCH3 is 2. The first-order valence-corrected chi connectivity index (χ1v) is 7.80. The molecule has 0 aliphatic rings. The molecule has 2 N–H and O–H groups in total. The third-order valence-electron chi connectivity index (χ3n) is 3.75. The highest BCUT2D eigenvalue weighted by Gasteiger charge is 2.16. The normalized spacial score (nSPS) is 11.7. The van der Waals surface area contributed by atoms with Crippen LogP contribution in [-0.2, 0) is 4.79 Å². The van der Waals surface area contributed by atoms with Gasteiger partial charge in [0.05, 0.1) is 20.3 Å². The summed E-state index contributed by atoms with van der Waals surface area (Å²) in [5, 5.41) is 13.2. The van der Waals surface area contributed by atoms with E-state index in [2.05, 4.69) is 5.32 Å². The van der Waals surface area contributed by atoms with E-state index in [-0.39, 0.29) is 12.3 Å². The maximum Gasteiger partial charge on any atom is 0.224 e. The van der Waals surface area contributed by atoms with Crippen LogP contribution in [0.5, 0.6) is 11.5 Å². The summed E-state index contributed by atoms with van der Waals surface area (Å²) in [6, 6.07) is 12.8. The van der Waals surface area contributed by atoms with Gasteiger partial charge in [0, 0.05) is 23.7 Å². The maximum absolute atomic E-state index is 12.0. The molecule has 0 saturated carbocycles. The van der Waals surface area contributed by atoms with E-state index in [0.717, 1.165) is 11.3 Å². The first-order chi connectivity index (χ1) is 11.5. The third kappa shape index (κ3) is 4.73. The van der Waals surface area contributed by atoms with Crippen molar-refractivity contribution in [2.24, 2.45) is 0 Å². The number of rotatable bonds is 7. The van der Waals surface area contributed by atoms with Crippen molar-refractivity contribution in [1.29, 1.82) is 0 Å². The van der Waals surface area contributed by atoms with Crippen LogP contribution in [0.4, 0.5) is 5.69 Å². The second-order valence-electron chi connectivity index (χ2n) is 5.58. The van der Waals surface area contributed by atoms with Gasteiger partial charge in [0.15, 0.2) is 0 Å². The van der Waals surface area contributed by atoms with E-state index in [0.29, 0.717) is 23.5 Å². The Balaban J connectivity index is 1.95. The van der Waals surface area contributed by atoms with Crippen molar-refractivity contribution < 1.29 is 19.4 Å². The van der Waals surface area contributed by atoms with Crippen LogP contribution in [-0.4, -0.2) is 25.2 Å². The Morgan fingerprint density at radius 1 is 1.17 bits per heavy atom. The lowest BCUT2D eigenvalue weighted by Gasteiger charge is -2.15. The number of ether oxygens (including phenoxy) is 2. The first kappa shape index (κ1) is 17.8. The number of nitrogens with one attached hydrogen (secondary N) is 1. The van der Waals surface area contributed by atoms with Crippen molar-refractivity contribution in [3.8, 4) is 11.5 Å². The summed E-state index contributed by atoms with van der Waals surface area (Å²) in [4.78, 5) is 12.0. The van der Waals surface area contributed by atoms with Crippen molar-refractivity contribution in [3.05, 3.63) is 53.6 Å². The molecule has 24 heavy (non-hydrogen) atoms. The molecule has 0 spiro atoms. The van der Waals surface area contributed by atoms with E-state index in [9.17, 15) is 9.90 Å². The van der Waals surface area contributed by atoms with E-state index in [1.807, 2.05) is 31.2 Å². The third-order valence-corrected chi connectivity index (χ3v) is 3.75. The van der Waals surface area contributed by atoms with Crippen LogP contribution in [0.15, 0.2) is 42.5 Å². The predicted octanol–water partition coefficient (Wildman–Crippen LogP) is 3.46. The molecule has 2 rings (SSSR count). The SMILES string of the molecule is COc1ccc(C(O)CCC(=O)Nc2cccc(C)c2)c(OC)c1. The molecule has 5 nitrogen and oxygen atoms in total. The Hall–Kier alpha value is -2.53. The molecule has 0 heterocycles. The van der Waals surface area contributed by atoms with Gasteiger partial charge in [-0.1, -0.05) is 12.1 Å². The van der Waals surface area contributed by atoms with Gasteiger partial charge in [-0.15, -0.1) is 0 Å². The number of benzene rings is 2. The van der Waals surface area contributed by atoms with Crippen molar-refractivity contribution >= 4 is 11.6 Å². The number of carbonyl (C=O) groups is 1. The molecular formula is C19H23NO4. The van der Waals surface area contributed by atoms with E-state index >= 15 is 0 Å². The van der Waals surface area contributed by atoms with Crippen LogP contribution in [0.2, 0.25) is 0 Å². The monoisotopic (exact) mass is 329 g/mol. The molecule has 0 aliphatic heterocycles. The Morgan fingerprint density at radius 2 is 1.96 bits per heavy atom. The summed E-state index contributed by atoms with van der Waals surface area (Å²) in [6.07, 6.45) is -0.265. The molecule has 128 valence electrons. The summed E-state index contributed by atoms with van der Waals surface area (Å²) < 4.78 is 10.4. The quantitative estimate of drug-likeness (QED) is 0.816. The second-order valence-corrected chi connectivity index (χ2v) is 5.58. The van der Waals surface area contributed by atoms with E-state index < -0.39 is 6.10 Å². The van der Waals surface area contributed by atoms with Crippen LogP contribution >= 0.6 is 0 Å². The molecule has 0 saturated heterocycles. The lowest BCUT2D eigenvalue weighted by molar-refractivity contribution is -0.116. The standard InChI is InChI=1S/C19H23NO4/c1-13-5-4-6-14(11-13)20-19(22)10-9-17(21)16-8-7-15(23-2)12-18(16)24-3/h4-8,11-12,17,21H,9-10H2,1-3H3,(H,20,22). The summed E-state index contributed by atoms with van der Waals surface area (Å²) >= 11 is 0. The van der Waals surface area contributed by atoms with Crippen molar-refractivity contribution in [1.82, 2.24) is 0 Å². The molecule has 0 radical (unpaired) electrons. The summed E-state index contributed by atoms with van der Waals surface area (Å²) in [5.41, 5.74) is 2.48. The van der Waals surface area contributed by atoms with Crippen LogP contribution in [0.25, 0.3) is 0 Å². The molecule has 0 aliphatic carbocycles. The molecule has 1 amide bonds. The molecule has 0 fully saturated rings. The van der Waals surface area contributed by atoms with Gasteiger partial charge in [-0.2, -0.15) is 0 Å². The summed E-state index contributed by atoms with van der Waals surface area (Å²) in [5.74, 6) is 1.06. The molecular weight excluding hydrogens is 306 g/mol. The topological polar surface area (TPSA) is 67.8 Å². The lowest BCUT2D eigenvalue weighted by Crippen LogP contribution is -2.13. The van der Waals surface area contributed by atoms with Crippen LogP contribution < -0.4 is 14.8 Å². The van der Waals surface area contributed by atoms with Crippen molar-refractivity contribution in [2.45, 2.75) is 25.9 Å². The van der Waals surface area contributed by atoms with Gasteiger partial charge in [0.2, 0.25) is 5.91 Å². The van der Waals surface area contributed by atoms with Gasteiger partial charge < -0.3 is 19.9 Å². The molecule has 2 aromatic carbocycles. The van der Waals surface area contributed by atoms with E-state index in [1.165, 1.54) is 7.11 Å². The highest BCUT2D eigenvalue weighted by molar-refractivity contribution is 5.90. The maximum atomic E-state index is 12.0. The molecule has 0 bridgehead atoms. The summed E-state index contributed by atoms with van der Waals surface area (Å²) in [6.45, 7) is 1.97. The minimum absolute atomic E-state index is 0.132. The molecule has 0 aromatic heterocycles. The number of aryl methyl sites for hydroxylation is 1. The average Bonchev–Trinajstić information content (AvgIpc) is 2.59. The number of hydrogen-bond donors (Lipinski definition) is 2. The van der Waals surface area contributed by atoms with Crippen molar-refractivity contribution in [3.63, 3.8) is 0 Å². The number of carbonyl (C=O) groups excluding carboxylic acids is 1. The molecule has 1 unspecified atom stereocenters. The zero-order valence-corrected chi connectivity index (χ0v) is 14.2. The van der Waals surface area contributed by atoms with Crippen molar-refractivity contribution in [2.75, 3.05) is 19.5 Å². The van der Waals surface area contributed by atoms with Gasteiger partial charge in [-0.3, -0.25) is 4.79 Å². The highest BCUT2D eigenvalue weighted by Crippen LogP contribution is 2.31. The largest absolute Gasteiger partial charge is 0.497 e. The molecule has 1 atom stereocenters. The van der Waals surface area contributed by atoms with Crippen LogP contribution in [0, 0.1) is 6.92 Å². The first-order valence-electron chi connectivity index (χ1n) is 7.80. The number of aliphatic hydroxyl groups excluding tert-OH is 1. The fourth-order valence-electron chi connectivity index (χ4n) is 2.46. The number of aliphatic hydroxyl groups is 1. The van der Waals surface area contributed by atoms with E-state index in [1.54, 1.807) is 25.3 Å². The second kappa shape index (κ2) is 8.36. The molecule has 2 aromatic rings. The fourth-order valence-corrected chi connectivity index (χ4v) is 2.46. The number of anilines is 1. The van der Waals surface area contributed by atoms with Gasteiger partial charge in [-0.25, -0.2) is 0 Å². The van der Waals surface area contributed by atoms with Crippen LogP contribution in [0.1, 0.15) is 30.1 Å². The Kier molecular flexibility index (Phi) is 6.21. The van der Waals surface area contributed by atoms with Gasteiger partial charge in [0.25, 0.3) is 0 Å². The Labute approximate surface area is 142 Å². The van der Waals surface area contributed by atoms with Crippen LogP contribution in [0.3, 0.4) is 0 Å². The highest BCUT2D eigenvalue weighted by atomic mass is 16.5.